The summed E-state index contributed by atoms with van der Waals surface area (Å²) in [4.78, 5) is 15.7. The minimum absolute atomic E-state index is 0.522. The summed E-state index contributed by atoms with van der Waals surface area (Å²) >= 11 is 0. The van der Waals surface area contributed by atoms with Gasteiger partial charge >= 0.3 is 0 Å². The van der Waals surface area contributed by atoms with E-state index in [1.807, 2.05) is 24.3 Å². The molecule has 1 aliphatic rings. The van der Waals surface area contributed by atoms with Crippen molar-refractivity contribution in [3.8, 4) is 78.7 Å². The fourth-order valence-corrected chi connectivity index (χ4v) is 10.5. The van der Waals surface area contributed by atoms with Gasteiger partial charge in [-0.1, -0.05) is 212 Å². The van der Waals surface area contributed by atoms with E-state index in [1.165, 1.54) is 38.9 Å². The Morgan fingerprint density at radius 2 is 0.765 bits per heavy atom. The highest BCUT2D eigenvalue weighted by Crippen LogP contribution is 2.56. The van der Waals surface area contributed by atoms with Crippen molar-refractivity contribution in [3.05, 3.63) is 271 Å². The van der Waals surface area contributed by atoms with Crippen LogP contribution >= 0.6 is 0 Å². The molecule has 0 saturated heterocycles. The van der Waals surface area contributed by atoms with Crippen molar-refractivity contribution >= 4 is 21.9 Å². The number of rotatable bonds is 8. The molecule has 0 spiro atoms. The second-order valence-corrected chi connectivity index (χ2v) is 17.5. The van der Waals surface area contributed by atoms with Crippen molar-refractivity contribution in [2.24, 2.45) is 0 Å². The first-order valence-electron chi connectivity index (χ1n) is 23.1. The van der Waals surface area contributed by atoms with Crippen molar-refractivity contribution in [2.45, 2.75) is 5.41 Å². The zero-order valence-electron chi connectivity index (χ0n) is 36.9. The third-order valence-corrected chi connectivity index (χ3v) is 13.6. The molecule has 0 saturated carbocycles. The number of fused-ring (bicyclic) bond motifs is 6. The first-order valence-corrected chi connectivity index (χ1v) is 23.1. The van der Waals surface area contributed by atoms with E-state index in [2.05, 4.69) is 224 Å². The van der Waals surface area contributed by atoms with Crippen LogP contribution in [0.25, 0.3) is 101 Å². The fraction of sp³-hybridized carbons (Fsp3) is 0.0156. The minimum Gasteiger partial charge on any atom is -0.456 e. The molecule has 0 fully saturated rings. The summed E-state index contributed by atoms with van der Waals surface area (Å²) in [6, 6.07) is 88.2. The van der Waals surface area contributed by atoms with E-state index in [0.717, 1.165) is 66.4 Å². The van der Waals surface area contributed by atoms with Crippen LogP contribution in [-0.4, -0.2) is 15.0 Å². The molecule has 13 rings (SSSR count). The summed E-state index contributed by atoms with van der Waals surface area (Å²) in [5, 5.41) is 2.19. The fourth-order valence-electron chi connectivity index (χ4n) is 10.5. The van der Waals surface area contributed by atoms with Crippen LogP contribution in [0.3, 0.4) is 0 Å². The third kappa shape index (κ3) is 6.49. The average Bonchev–Trinajstić information content (AvgIpc) is 3.95. The number of furan rings is 1. The Labute approximate surface area is 394 Å². The van der Waals surface area contributed by atoms with Gasteiger partial charge in [0.25, 0.3) is 0 Å². The maximum absolute atomic E-state index is 6.46. The molecule has 2 heterocycles. The quantitative estimate of drug-likeness (QED) is 0.153. The molecule has 4 nitrogen and oxygen atoms in total. The summed E-state index contributed by atoms with van der Waals surface area (Å²) in [6.45, 7) is 0. The Balaban J connectivity index is 0.927. The zero-order valence-corrected chi connectivity index (χ0v) is 36.9. The van der Waals surface area contributed by atoms with Crippen molar-refractivity contribution in [1.82, 2.24) is 15.0 Å². The number of hydrogen-bond donors (Lipinski definition) is 0. The molecule has 0 aliphatic heterocycles. The molecular weight excluding hydrogens is 827 g/mol. The number of hydrogen-bond acceptors (Lipinski definition) is 4. The van der Waals surface area contributed by atoms with Crippen molar-refractivity contribution < 1.29 is 4.42 Å². The molecule has 12 aromatic rings. The minimum atomic E-state index is -0.522. The Morgan fingerprint density at radius 3 is 1.50 bits per heavy atom. The lowest BCUT2D eigenvalue weighted by atomic mass is 9.67. The van der Waals surface area contributed by atoms with Gasteiger partial charge in [0.2, 0.25) is 0 Å². The maximum Gasteiger partial charge on any atom is 0.164 e. The van der Waals surface area contributed by atoms with Crippen molar-refractivity contribution in [1.29, 1.82) is 0 Å². The summed E-state index contributed by atoms with van der Waals surface area (Å²) in [5.41, 5.74) is 18.0. The molecule has 318 valence electrons. The standard InChI is InChI=1S/C64H41N3O/c1-4-18-42(19-5-1)45-35-37-59-56(40-45)54-36-34-46(41-60(54)68-59)44-22-16-24-48(38-44)62-65-61(43-20-6-2-7-21-43)66-63(67-62)55-31-11-10-28-51(55)47-23-17-27-50(39-47)64(49-25-8-3-9-26-49)57-32-14-12-29-52(57)53-30-13-15-33-58(53)64/h1-41H. The van der Waals surface area contributed by atoms with Crippen LogP contribution in [0.5, 0.6) is 0 Å². The van der Waals surface area contributed by atoms with Gasteiger partial charge in [0.1, 0.15) is 11.2 Å². The van der Waals surface area contributed by atoms with E-state index in [4.69, 9.17) is 19.4 Å². The van der Waals surface area contributed by atoms with Gasteiger partial charge in [-0.15, -0.1) is 0 Å². The Bertz CT molecular complexity index is 3810. The van der Waals surface area contributed by atoms with Crippen LogP contribution in [0, 0.1) is 0 Å². The molecule has 0 N–H and O–H groups in total. The smallest absolute Gasteiger partial charge is 0.164 e. The molecule has 0 atom stereocenters. The van der Waals surface area contributed by atoms with Crippen LogP contribution in [0.15, 0.2) is 253 Å². The van der Waals surface area contributed by atoms with E-state index >= 15 is 0 Å². The predicted octanol–water partition coefficient (Wildman–Crippen LogP) is 16.1. The predicted molar refractivity (Wildman–Crippen MR) is 277 cm³/mol. The van der Waals surface area contributed by atoms with E-state index in [1.54, 1.807) is 0 Å². The summed E-state index contributed by atoms with van der Waals surface area (Å²) in [7, 11) is 0. The normalized spacial score (nSPS) is 12.5. The van der Waals surface area contributed by atoms with Crippen LogP contribution in [0.2, 0.25) is 0 Å². The number of benzene rings is 10. The van der Waals surface area contributed by atoms with Crippen LogP contribution < -0.4 is 0 Å². The van der Waals surface area contributed by atoms with Gasteiger partial charge in [-0.2, -0.15) is 0 Å². The number of nitrogens with zero attached hydrogens (tertiary/aromatic N) is 3. The van der Waals surface area contributed by atoms with Gasteiger partial charge in [-0.05, 0) is 103 Å². The summed E-state index contributed by atoms with van der Waals surface area (Å²) in [5.74, 6) is 1.81. The van der Waals surface area contributed by atoms with Crippen molar-refractivity contribution in [3.63, 3.8) is 0 Å². The lowest BCUT2D eigenvalue weighted by molar-refractivity contribution is 0.669. The highest BCUT2D eigenvalue weighted by atomic mass is 16.3. The van der Waals surface area contributed by atoms with Crippen molar-refractivity contribution in [2.75, 3.05) is 0 Å². The van der Waals surface area contributed by atoms with Gasteiger partial charge in [0.15, 0.2) is 17.5 Å². The monoisotopic (exact) mass is 867 g/mol. The largest absolute Gasteiger partial charge is 0.456 e. The van der Waals surface area contributed by atoms with Gasteiger partial charge in [0.05, 0.1) is 5.41 Å². The number of aromatic nitrogens is 3. The SMILES string of the molecule is c1ccc(-c2ccc3oc4cc(-c5cccc(-c6nc(-c7ccccc7)nc(-c7ccccc7-c7cccc(C8(c9ccccc9)c9ccccc9-c9ccccc98)c7)n6)c5)ccc4c3c2)cc1. The van der Waals surface area contributed by atoms with Gasteiger partial charge < -0.3 is 4.42 Å². The van der Waals surface area contributed by atoms with Gasteiger partial charge in [-0.25, -0.2) is 15.0 Å². The molecule has 0 radical (unpaired) electrons. The van der Waals surface area contributed by atoms with E-state index in [0.29, 0.717) is 17.5 Å². The highest BCUT2D eigenvalue weighted by molar-refractivity contribution is 6.07. The zero-order chi connectivity index (χ0) is 45.0. The molecule has 0 bridgehead atoms. The average molecular weight is 868 g/mol. The summed E-state index contributed by atoms with van der Waals surface area (Å²) in [6.07, 6.45) is 0. The molecule has 0 unspecified atom stereocenters. The lowest BCUT2D eigenvalue weighted by Crippen LogP contribution is -2.28. The van der Waals surface area contributed by atoms with Gasteiger partial charge in [-0.3, -0.25) is 0 Å². The lowest BCUT2D eigenvalue weighted by Gasteiger charge is -2.34. The Hall–Kier alpha value is -8.99. The third-order valence-electron chi connectivity index (χ3n) is 13.6. The molecule has 2 aromatic heterocycles. The second-order valence-electron chi connectivity index (χ2n) is 17.5. The first kappa shape index (κ1) is 39.4. The highest BCUT2D eigenvalue weighted by Gasteiger charge is 2.46. The van der Waals surface area contributed by atoms with E-state index in [9.17, 15) is 0 Å². The van der Waals surface area contributed by atoms with Crippen LogP contribution in [0.1, 0.15) is 22.3 Å². The molecule has 0 amide bonds. The van der Waals surface area contributed by atoms with Crippen LogP contribution in [0.4, 0.5) is 0 Å². The van der Waals surface area contributed by atoms with E-state index in [-0.39, 0.29) is 0 Å². The van der Waals surface area contributed by atoms with Crippen LogP contribution in [-0.2, 0) is 5.41 Å². The van der Waals surface area contributed by atoms with E-state index < -0.39 is 5.41 Å². The molecular formula is C64H41N3O. The molecule has 68 heavy (non-hydrogen) atoms. The second kappa shape index (κ2) is 16.2. The molecule has 4 heteroatoms. The topological polar surface area (TPSA) is 51.8 Å². The first-order chi connectivity index (χ1) is 33.7. The Morgan fingerprint density at radius 1 is 0.265 bits per heavy atom. The Kier molecular flexibility index (Phi) is 9.36. The summed E-state index contributed by atoms with van der Waals surface area (Å²) < 4.78 is 6.46. The molecule has 1 aliphatic carbocycles. The molecule has 10 aromatic carbocycles. The van der Waals surface area contributed by atoms with Gasteiger partial charge in [0, 0.05) is 27.5 Å². The maximum atomic E-state index is 6.46.